The van der Waals surface area contributed by atoms with E-state index in [4.69, 9.17) is 14.3 Å². The number of aliphatic imine (C=N–C) groups is 1. The highest BCUT2D eigenvalue weighted by Crippen LogP contribution is 2.39. The maximum atomic E-state index is 6.31. The molecule has 3 unspecified atom stereocenters. The van der Waals surface area contributed by atoms with Gasteiger partial charge in [0.2, 0.25) is 5.89 Å². The average molecular weight is 412 g/mol. The van der Waals surface area contributed by atoms with Crippen LogP contribution in [0.5, 0.6) is 0 Å². The summed E-state index contributed by atoms with van der Waals surface area (Å²) in [7, 11) is 0. The molecule has 0 spiro atoms. The second-order valence-electron chi connectivity index (χ2n) is 10.4. The average Bonchev–Trinajstić information content (AvgIpc) is 3.39. The third-order valence-corrected chi connectivity index (χ3v) is 8.02. The molecule has 3 saturated carbocycles. The molecule has 4 aliphatic rings. The first kappa shape index (κ1) is 20.3. The zero-order chi connectivity index (χ0) is 20.5. The van der Waals surface area contributed by atoms with Gasteiger partial charge < -0.3 is 9.26 Å². The van der Waals surface area contributed by atoms with Crippen LogP contribution in [-0.2, 0) is 4.74 Å². The number of fused-ring (bicyclic) bond motifs is 1. The van der Waals surface area contributed by atoms with Crippen molar-refractivity contribution in [2.75, 3.05) is 0 Å². The van der Waals surface area contributed by atoms with Gasteiger partial charge in [-0.2, -0.15) is 4.98 Å². The summed E-state index contributed by atoms with van der Waals surface area (Å²) in [5.74, 6) is 6.01. The first-order valence-corrected chi connectivity index (χ1v) is 12.4. The van der Waals surface area contributed by atoms with Gasteiger partial charge in [0.25, 0.3) is 0 Å². The second-order valence-corrected chi connectivity index (χ2v) is 10.4. The molecule has 3 atom stereocenters. The summed E-state index contributed by atoms with van der Waals surface area (Å²) >= 11 is 0. The van der Waals surface area contributed by atoms with Crippen molar-refractivity contribution < 1.29 is 9.26 Å². The second kappa shape index (κ2) is 8.84. The van der Waals surface area contributed by atoms with E-state index in [1.807, 2.05) is 6.92 Å². The minimum Gasteiger partial charge on any atom is -0.475 e. The zero-order valence-electron chi connectivity index (χ0n) is 18.6. The number of aryl methyl sites for hydroxylation is 1. The van der Waals surface area contributed by atoms with E-state index in [9.17, 15) is 0 Å². The van der Waals surface area contributed by atoms with E-state index in [0.717, 1.165) is 35.4 Å². The zero-order valence-corrected chi connectivity index (χ0v) is 18.6. The third-order valence-electron chi connectivity index (χ3n) is 8.02. The van der Waals surface area contributed by atoms with Gasteiger partial charge in [-0.1, -0.05) is 24.2 Å². The predicted molar refractivity (Wildman–Crippen MR) is 117 cm³/mol. The predicted octanol–water partition coefficient (Wildman–Crippen LogP) is 6.00. The first-order valence-electron chi connectivity index (χ1n) is 12.4. The SMILES string of the molecule is Cc1noc(C2CCC(/C=C/C3CCC(C4=NC5CC(C)CCC5O4)CC3)CC2)n1. The van der Waals surface area contributed by atoms with E-state index in [2.05, 4.69) is 29.2 Å². The quantitative estimate of drug-likeness (QED) is 0.570. The number of allylic oxidation sites excluding steroid dienone is 2. The molecular formula is C25H37N3O2. The fraction of sp³-hybridized carbons (Fsp3) is 0.800. The number of nitrogens with zero attached hydrogens (tertiary/aromatic N) is 3. The van der Waals surface area contributed by atoms with Gasteiger partial charge in [0.15, 0.2) is 11.7 Å². The van der Waals surface area contributed by atoms with Crippen molar-refractivity contribution in [2.45, 2.75) is 103 Å². The maximum absolute atomic E-state index is 6.31. The maximum Gasteiger partial charge on any atom is 0.229 e. The van der Waals surface area contributed by atoms with Gasteiger partial charge >= 0.3 is 0 Å². The molecule has 1 aliphatic heterocycles. The summed E-state index contributed by atoms with van der Waals surface area (Å²) in [6.07, 6.45) is 19.0. The molecule has 3 fully saturated rings. The standard InChI is InChI=1S/C25H37N3O2/c1-16-3-14-23-22(15-16)27-24(29-23)20-10-6-18(7-11-20)4-5-19-8-12-21(13-9-19)25-26-17(2)28-30-25/h4-5,16,18-23H,3,6-15H2,1-2H3/b5-4+. The van der Waals surface area contributed by atoms with E-state index < -0.39 is 0 Å². The van der Waals surface area contributed by atoms with Gasteiger partial charge in [-0.25, -0.2) is 4.99 Å². The van der Waals surface area contributed by atoms with Crippen molar-refractivity contribution in [3.63, 3.8) is 0 Å². The molecule has 164 valence electrons. The monoisotopic (exact) mass is 411 g/mol. The molecular weight excluding hydrogens is 374 g/mol. The Hall–Kier alpha value is -1.65. The van der Waals surface area contributed by atoms with E-state index in [1.54, 1.807) is 0 Å². The molecule has 2 heterocycles. The molecule has 1 aromatic heterocycles. The lowest BCUT2D eigenvalue weighted by Gasteiger charge is -2.29. The van der Waals surface area contributed by atoms with Gasteiger partial charge in [-0.3, -0.25) is 0 Å². The highest BCUT2D eigenvalue weighted by Gasteiger charge is 2.38. The largest absolute Gasteiger partial charge is 0.475 e. The van der Waals surface area contributed by atoms with Crippen molar-refractivity contribution in [3.05, 3.63) is 23.9 Å². The van der Waals surface area contributed by atoms with Crippen LogP contribution in [0.25, 0.3) is 0 Å². The van der Waals surface area contributed by atoms with E-state index in [0.29, 0.717) is 24.0 Å². The molecule has 30 heavy (non-hydrogen) atoms. The molecule has 5 heteroatoms. The Morgan fingerprint density at radius 2 is 1.50 bits per heavy atom. The van der Waals surface area contributed by atoms with Gasteiger partial charge in [-0.15, -0.1) is 0 Å². The smallest absolute Gasteiger partial charge is 0.229 e. The Labute approximate surface area is 180 Å². The Morgan fingerprint density at radius 3 is 2.13 bits per heavy atom. The van der Waals surface area contributed by atoms with Gasteiger partial charge in [0, 0.05) is 11.8 Å². The van der Waals surface area contributed by atoms with Crippen molar-refractivity contribution in [1.82, 2.24) is 10.1 Å². The fourth-order valence-electron chi connectivity index (χ4n) is 6.06. The lowest BCUT2D eigenvalue weighted by atomic mass is 9.79. The summed E-state index contributed by atoms with van der Waals surface area (Å²) in [6, 6.07) is 0.451. The highest BCUT2D eigenvalue weighted by atomic mass is 16.5. The topological polar surface area (TPSA) is 60.5 Å². The van der Waals surface area contributed by atoms with Crippen LogP contribution in [0.15, 0.2) is 21.7 Å². The van der Waals surface area contributed by atoms with E-state index in [-0.39, 0.29) is 0 Å². The lowest BCUT2D eigenvalue weighted by molar-refractivity contribution is 0.122. The Balaban J connectivity index is 1.06. The van der Waals surface area contributed by atoms with Crippen molar-refractivity contribution in [2.24, 2.45) is 28.7 Å². The lowest BCUT2D eigenvalue weighted by Crippen LogP contribution is -2.30. The number of rotatable bonds is 4. The Kier molecular flexibility index (Phi) is 5.97. The molecule has 3 aliphatic carbocycles. The number of hydrogen-bond donors (Lipinski definition) is 0. The summed E-state index contributed by atoms with van der Waals surface area (Å²) < 4.78 is 11.7. The van der Waals surface area contributed by atoms with Crippen LogP contribution in [0.3, 0.4) is 0 Å². The van der Waals surface area contributed by atoms with Crippen LogP contribution in [0.1, 0.15) is 95.2 Å². The van der Waals surface area contributed by atoms with Crippen LogP contribution in [0.2, 0.25) is 0 Å². The molecule has 0 radical (unpaired) electrons. The molecule has 5 rings (SSSR count). The van der Waals surface area contributed by atoms with Crippen LogP contribution < -0.4 is 0 Å². The molecule has 0 aromatic carbocycles. The highest BCUT2D eigenvalue weighted by molar-refractivity contribution is 5.80. The summed E-state index contributed by atoms with van der Waals surface area (Å²) in [5.41, 5.74) is 0. The Morgan fingerprint density at radius 1 is 0.833 bits per heavy atom. The first-order chi connectivity index (χ1) is 14.6. The van der Waals surface area contributed by atoms with Crippen molar-refractivity contribution in [3.8, 4) is 0 Å². The van der Waals surface area contributed by atoms with Crippen LogP contribution in [0.4, 0.5) is 0 Å². The fourth-order valence-corrected chi connectivity index (χ4v) is 6.06. The van der Waals surface area contributed by atoms with Gasteiger partial charge in [0.1, 0.15) is 6.10 Å². The van der Waals surface area contributed by atoms with Crippen molar-refractivity contribution >= 4 is 5.90 Å². The number of hydrogen-bond acceptors (Lipinski definition) is 5. The molecule has 0 bridgehead atoms. The van der Waals surface area contributed by atoms with Crippen LogP contribution >= 0.6 is 0 Å². The molecule has 0 amide bonds. The van der Waals surface area contributed by atoms with Gasteiger partial charge in [0.05, 0.1) is 6.04 Å². The molecule has 0 saturated heterocycles. The van der Waals surface area contributed by atoms with E-state index in [1.165, 1.54) is 70.6 Å². The molecule has 0 N–H and O–H groups in total. The van der Waals surface area contributed by atoms with Crippen molar-refractivity contribution in [1.29, 1.82) is 0 Å². The number of aromatic nitrogens is 2. The van der Waals surface area contributed by atoms with E-state index >= 15 is 0 Å². The van der Waals surface area contributed by atoms with Gasteiger partial charge in [-0.05, 0) is 95.3 Å². The summed E-state index contributed by atoms with van der Waals surface area (Å²) in [4.78, 5) is 9.45. The number of ether oxygens (including phenoxy) is 1. The molecule has 1 aromatic rings. The molecule has 5 nitrogen and oxygen atoms in total. The summed E-state index contributed by atoms with van der Waals surface area (Å²) in [6.45, 7) is 4.26. The minimum absolute atomic E-state index is 0.389. The van der Waals surface area contributed by atoms with Crippen LogP contribution in [0, 0.1) is 30.6 Å². The van der Waals surface area contributed by atoms with Crippen LogP contribution in [-0.4, -0.2) is 28.2 Å². The summed E-state index contributed by atoms with van der Waals surface area (Å²) in [5, 5.41) is 3.95. The normalized spacial score (nSPS) is 39.5. The minimum atomic E-state index is 0.389. The third kappa shape index (κ3) is 4.50. The Bertz CT molecular complexity index is 769.